The molecular formula is C14H17FO3. The van der Waals surface area contributed by atoms with Gasteiger partial charge in [-0.05, 0) is 37.0 Å². The Morgan fingerprint density at radius 3 is 3.11 bits per heavy atom. The number of hydrogen-bond donors (Lipinski definition) is 0. The van der Waals surface area contributed by atoms with Crippen LogP contribution in [0.25, 0.3) is 0 Å². The van der Waals surface area contributed by atoms with Crippen LogP contribution in [0.5, 0.6) is 0 Å². The van der Waals surface area contributed by atoms with Crippen LogP contribution >= 0.6 is 0 Å². The highest BCUT2D eigenvalue weighted by Crippen LogP contribution is 2.17. The summed E-state index contributed by atoms with van der Waals surface area (Å²) in [4.78, 5) is 11.5. The van der Waals surface area contributed by atoms with E-state index in [1.807, 2.05) is 0 Å². The molecule has 1 atom stereocenters. The predicted octanol–water partition coefficient (Wildman–Crippen LogP) is 2.83. The average Bonchev–Trinajstić information content (AvgIpc) is 2.87. The van der Waals surface area contributed by atoms with Gasteiger partial charge in [-0.3, -0.25) is 4.79 Å². The van der Waals surface area contributed by atoms with Gasteiger partial charge in [0.05, 0.1) is 6.10 Å². The van der Waals surface area contributed by atoms with Crippen LogP contribution in [0.1, 0.15) is 31.2 Å². The van der Waals surface area contributed by atoms with Gasteiger partial charge in [0.25, 0.3) is 0 Å². The van der Waals surface area contributed by atoms with Crippen molar-refractivity contribution in [3.8, 4) is 0 Å². The highest BCUT2D eigenvalue weighted by molar-refractivity contribution is 5.69. The van der Waals surface area contributed by atoms with Crippen LogP contribution in [0.4, 0.5) is 4.39 Å². The summed E-state index contributed by atoms with van der Waals surface area (Å²) in [7, 11) is 0. The van der Waals surface area contributed by atoms with Crippen molar-refractivity contribution in [3.05, 3.63) is 35.6 Å². The van der Waals surface area contributed by atoms with Gasteiger partial charge in [0, 0.05) is 13.0 Å². The molecule has 1 aliphatic rings. The lowest BCUT2D eigenvalue weighted by Gasteiger charge is -2.09. The number of ether oxygens (including phenoxy) is 2. The minimum atomic E-state index is -0.317. The van der Waals surface area contributed by atoms with Crippen LogP contribution in [0, 0.1) is 5.82 Å². The maximum atomic E-state index is 12.9. The van der Waals surface area contributed by atoms with Crippen molar-refractivity contribution >= 4 is 5.97 Å². The van der Waals surface area contributed by atoms with Crippen LogP contribution in [0.2, 0.25) is 0 Å². The Labute approximate surface area is 106 Å². The normalized spacial score (nSPS) is 18.8. The van der Waals surface area contributed by atoms with Gasteiger partial charge in [-0.25, -0.2) is 4.39 Å². The second-order valence-electron chi connectivity index (χ2n) is 4.46. The number of rotatable bonds is 5. The van der Waals surface area contributed by atoms with E-state index in [1.54, 1.807) is 12.1 Å². The van der Waals surface area contributed by atoms with Gasteiger partial charge >= 0.3 is 5.97 Å². The molecule has 0 saturated carbocycles. The van der Waals surface area contributed by atoms with E-state index < -0.39 is 0 Å². The van der Waals surface area contributed by atoms with E-state index in [0.29, 0.717) is 18.4 Å². The van der Waals surface area contributed by atoms with Gasteiger partial charge in [0.2, 0.25) is 0 Å². The fraction of sp³-hybridized carbons (Fsp3) is 0.500. The molecule has 98 valence electrons. The van der Waals surface area contributed by atoms with Crippen molar-refractivity contribution in [1.82, 2.24) is 0 Å². The van der Waals surface area contributed by atoms with Gasteiger partial charge in [0.15, 0.2) is 0 Å². The van der Waals surface area contributed by atoms with E-state index in [2.05, 4.69) is 0 Å². The van der Waals surface area contributed by atoms with E-state index in [1.165, 1.54) is 12.1 Å². The van der Waals surface area contributed by atoms with Crippen LogP contribution < -0.4 is 0 Å². The maximum Gasteiger partial charge on any atom is 0.306 e. The molecule has 1 aliphatic heterocycles. The van der Waals surface area contributed by atoms with Gasteiger partial charge in [0.1, 0.15) is 12.4 Å². The quantitative estimate of drug-likeness (QED) is 0.756. The Morgan fingerprint density at radius 1 is 1.50 bits per heavy atom. The molecule has 1 aromatic carbocycles. The largest absolute Gasteiger partial charge is 0.461 e. The molecule has 1 fully saturated rings. The first-order chi connectivity index (χ1) is 8.74. The third kappa shape index (κ3) is 4.11. The SMILES string of the molecule is O=C(CCC1CCCO1)OCc1cccc(F)c1. The summed E-state index contributed by atoms with van der Waals surface area (Å²) in [6.07, 6.45) is 3.37. The molecule has 0 aromatic heterocycles. The fourth-order valence-electron chi connectivity index (χ4n) is 2.01. The molecule has 1 aromatic rings. The van der Waals surface area contributed by atoms with Crippen LogP contribution in [-0.2, 0) is 20.9 Å². The number of hydrogen-bond acceptors (Lipinski definition) is 3. The summed E-state index contributed by atoms with van der Waals surface area (Å²) in [6.45, 7) is 0.922. The number of benzene rings is 1. The molecule has 0 N–H and O–H groups in total. The summed E-state index contributed by atoms with van der Waals surface area (Å²) in [5, 5.41) is 0. The first kappa shape index (κ1) is 13.0. The molecule has 0 radical (unpaired) electrons. The highest BCUT2D eigenvalue weighted by atomic mass is 19.1. The molecule has 1 unspecified atom stereocenters. The summed E-state index contributed by atoms with van der Waals surface area (Å²) in [6, 6.07) is 6.07. The Kier molecular flexibility index (Phi) is 4.70. The molecule has 1 saturated heterocycles. The van der Waals surface area contributed by atoms with Crippen molar-refractivity contribution in [2.75, 3.05) is 6.61 Å². The molecule has 0 bridgehead atoms. The monoisotopic (exact) mass is 252 g/mol. The molecule has 3 nitrogen and oxygen atoms in total. The summed E-state index contributed by atoms with van der Waals surface area (Å²) in [5.74, 6) is -0.572. The molecule has 0 amide bonds. The molecular weight excluding hydrogens is 235 g/mol. The van der Waals surface area contributed by atoms with Crippen molar-refractivity contribution in [2.24, 2.45) is 0 Å². The zero-order valence-electron chi connectivity index (χ0n) is 10.2. The van der Waals surface area contributed by atoms with E-state index in [-0.39, 0.29) is 24.5 Å². The Balaban J connectivity index is 1.68. The van der Waals surface area contributed by atoms with Gasteiger partial charge in [-0.2, -0.15) is 0 Å². The first-order valence-electron chi connectivity index (χ1n) is 6.26. The summed E-state index contributed by atoms with van der Waals surface area (Å²) < 4.78 is 23.4. The van der Waals surface area contributed by atoms with Gasteiger partial charge in [-0.1, -0.05) is 12.1 Å². The fourth-order valence-corrected chi connectivity index (χ4v) is 2.01. The zero-order valence-corrected chi connectivity index (χ0v) is 10.2. The van der Waals surface area contributed by atoms with Crippen LogP contribution in [0.3, 0.4) is 0 Å². The second kappa shape index (κ2) is 6.50. The molecule has 2 rings (SSSR count). The van der Waals surface area contributed by atoms with Crippen LogP contribution in [0.15, 0.2) is 24.3 Å². The lowest BCUT2D eigenvalue weighted by molar-refractivity contribution is -0.145. The number of halogens is 1. The predicted molar refractivity (Wildman–Crippen MR) is 64.4 cm³/mol. The van der Waals surface area contributed by atoms with Crippen molar-refractivity contribution in [3.63, 3.8) is 0 Å². The van der Waals surface area contributed by atoms with E-state index in [0.717, 1.165) is 19.4 Å². The standard InChI is InChI=1S/C14H17FO3/c15-12-4-1-3-11(9-12)10-18-14(16)7-6-13-5-2-8-17-13/h1,3-4,9,13H,2,5-8,10H2. The van der Waals surface area contributed by atoms with Crippen molar-refractivity contribution in [2.45, 2.75) is 38.4 Å². The smallest absolute Gasteiger partial charge is 0.306 e. The molecule has 0 spiro atoms. The number of carbonyl (C=O) groups excluding carboxylic acids is 1. The molecule has 0 aliphatic carbocycles. The summed E-state index contributed by atoms with van der Waals surface area (Å²) >= 11 is 0. The van der Waals surface area contributed by atoms with E-state index in [9.17, 15) is 9.18 Å². The average molecular weight is 252 g/mol. The van der Waals surface area contributed by atoms with Gasteiger partial charge < -0.3 is 9.47 Å². The van der Waals surface area contributed by atoms with E-state index >= 15 is 0 Å². The molecule has 18 heavy (non-hydrogen) atoms. The van der Waals surface area contributed by atoms with Crippen molar-refractivity contribution < 1.29 is 18.7 Å². The Morgan fingerprint density at radius 2 is 2.39 bits per heavy atom. The maximum absolute atomic E-state index is 12.9. The minimum Gasteiger partial charge on any atom is -0.461 e. The van der Waals surface area contributed by atoms with Crippen LogP contribution in [-0.4, -0.2) is 18.7 Å². The van der Waals surface area contributed by atoms with Crippen molar-refractivity contribution in [1.29, 1.82) is 0 Å². The van der Waals surface area contributed by atoms with Gasteiger partial charge in [-0.15, -0.1) is 0 Å². The molecule has 4 heteroatoms. The summed E-state index contributed by atoms with van der Waals surface area (Å²) in [5.41, 5.74) is 0.667. The lowest BCUT2D eigenvalue weighted by Crippen LogP contribution is -2.11. The second-order valence-corrected chi connectivity index (χ2v) is 4.46. The molecule has 1 heterocycles. The topological polar surface area (TPSA) is 35.5 Å². The minimum absolute atomic E-state index is 0.127. The number of carbonyl (C=O) groups is 1. The third-order valence-electron chi connectivity index (χ3n) is 2.98. The number of esters is 1. The highest BCUT2D eigenvalue weighted by Gasteiger charge is 2.17. The van der Waals surface area contributed by atoms with E-state index in [4.69, 9.17) is 9.47 Å². The Bertz CT molecular complexity index is 400. The zero-order chi connectivity index (χ0) is 12.8. The lowest BCUT2D eigenvalue weighted by atomic mass is 10.1. The first-order valence-corrected chi connectivity index (χ1v) is 6.26. The Hall–Kier alpha value is -1.42. The third-order valence-corrected chi connectivity index (χ3v) is 2.98.